The number of fused-ring (bicyclic) bond motifs is 7. The van der Waals surface area contributed by atoms with E-state index in [0.29, 0.717) is 29.1 Å². The fourth-order valence-corrected chi connectivity index (χ4v) is 8.78. The van der Waals surface area contributed by atoms with Gasteiger partial charge in [0, 0.05) is 29.9 Å². The van der Waals surface area contributed by atoms with Crippen molar-refractivity contribution >= 4 is 11.5 Å². The number of benzene rings is 1. The van der Waals surface area contributed by atoms with Crippen LogP contribution in [0.4, 0.5) is 0 Å². The number of hydrogen-bond acceptors (Lipinski definition) is 4. The molecule has 166 valence electrons. The number of carbonyl (C=O) groups excluding carboxylic acids is 1. The van der Waals surface area contributed by atoms with E-state index in [1.165, 1.54) is 43.4 Å². The maximum Gasteiger partial charge on any atom is 0.133 e. The average Bonchev–Trinajstić information content (AvgIpc) is 3.32. The summed E-state index contributed by atoms with van der Waals surface area (Å²) < 4.78 is 5.36. The third kappa shape index (κ3) is 2.72. The van der Waals surface area contributed by atoms with E-state index < -0.39 is 0 Å². The lowest BCUT2D eigenvalue weighted by Gasteiger charge is -2.59. The quantitative estimate of drug-likeness (QED) is 0.684. The van der Waals surface area contributed by atoms with Gasteiger partial charge in [-0.2, -0.15) is 5.10 Å². The van der Waals surface area contributed by atoms with Gasteiger partial charge in [0.15, 0.2) is 0 Å². The van der Waals surface area contributed by atoms with Gasteiger partial charge in [0.05, 0.1) is 13.2 Å². The minimum atomic E-state index is 0.244. The standard InChI is InChI=1S/C27H36N2O2/c1-26-12-10-18(30)14-17(26)6-9-20-22(26)11-13-27(2)23(20)15-21-24(28-29-25(21)27)16-4-7-19(31-3)8-5-16/h4-5,7-8,17,20-24,28H,6,9-15H2,1-3H3/t17-,20+,21+,22-,23-,24+,26-,27-/m0/s1. The molecule has 0 bridgehead atoms. The lowest BCUT2D eigenvalue weighted by molar-refractivity contribution is -0.136. The van der Waals surface area contributed by atoms with E-state index in [1.807, 2.05) is 0 Å². The highest BCUT2D eigenvalue weighted by Crippen LogP contribution is 2.67. The average molecular weight is 421 g/mol. The molecule has 6 rings (SSSR count). The van der Waals surface area contributed by atoms with Crippen molar-refractivity contribution in [3.8, 4) is 5.75 Å². The van der Waals surface area contributed by atoms with Crippen molar-refractivity contribution in [2.24, 2.45) is 45.5 Å². The molecule has 0 spiro atoms. The van der Waals surface area contributed by atoms with E-state index in [0.717, 1.165) is 42.8 Å². The van der Waals surface area contributed by atoms with Crippen molar-refractivity contribution in [1.29, 1.82) is 0 Å². The van der Waals surface area contributed by atoms with Crippen molar-refractivity contribution in [3.63, 3.8) is 0 Å². The Morgan fingerprint density at radius 3 is 2.65 bits per heavy atom. The van der Waals surface area contributed by atoms with Crippen LogP contribution in [0.3, 0.4) is 0 Å². The van der Waals surface area contributed by atoms with Gasteiger partial charge in [-0.05, 0) is 85.3 Å². The molecule has 8 atom stereocenters. The van der Waals surface area contributed by atoms with Crippen molar-refractivity contribution in [2.75, 3.05) is 7.11 Å². The highest BCUT2D eigenvalue weighted by Gasteiger charge is 2.63. The molecule has 4 fully saturated rings. The normalized spacial score (nSPS) is 45.6. The summed E-state index contributed by atoms with van der Waals surface area (Å²) in [4.78, 5) is 12.2. The van der Waals surface area contributed by atoms with E-state index >= 15 is 0 Å². The van der Waals surface area contributed by atoms with Crippen LogP contribution in [0, 0.1) is 40.4 Å². The van der Waals surface area contributed by atoms with Gasteiger partial charge in [-0.1, -0.05) is 26.0 Å². The summed E-state index contributed by atoms with van der Waals surface area (Å²) in [5.41, 5.74) is 6.90. The van der Waals surface area contributed by atoms with Gasteiger partial charge in [-0.25, -0.2) is 0 Å². The molecule has 1 aromatic rings. The fourth-order valence-electron chi connectivity index (χ4n) is 8.78. The van der Waals surface area contributed by atoms with E-state index in [1.54, 1.807) is 7.11 Å². The topological polar surface area (TPSA) is 50.7 Å². The van der Waals surface area contributed by atoms with Crippen molar-refractivity contribution in [2.45, 2.75) is 71.3 Å². The SMILES string of the molecule is COc1ccc([C@H]2NN=C3[C@@H]2C[C@H]2[C@@H]4CC[C@H]5CC(=O)CC[C@]5(C)[C@H]4CC[C@]32C)cc1. The first kappa shape index (κ1) is 19.8. The van der Waals surface area contributed by atoms with Crippen LogP contribution in [0.25, 0.3) is 0 Å². The van der Waals surface area contributed by atoms with E-state index in [9.17, 15) is 4.79 Å². The number of Topliss-reactive ketones (excluding diaryl/α,β-unsaturated/α-hetero) is 1. The monoisotopic (exact) mass is 420 g/mol. The number of hydrazone groups is 1. The molecule has 1 N–H and O–H groups in total. The molecule has 1 heterocycles. The van der Waals surface area contributed by atoms with Crippen LogP contribution >= 0.6 is 0 Å². The number of ketones is 1. The molecule has 4 saturated carbocycles. The van der Waals surface area contributed by atoms with E-state index in [-0.39, 0.29) is 5.41 Å². The summed E-state index contributed by atoms with van der Waals surface area (Å²) in [6.07, 6.45) is 9.21. The third-order valence-electron chi connectivity index (χ3n) is 10.5. The van der Waals surface area contributed by atoms with Crippen LogP contribution in [0.2, 0.25) is 0 Å². The number of rotatable bonds is 2. The molecule has 4 heteroatoms. The number of ether oxygens (including phenoxy) is 1. The molecule has 0 amide bonds. The Balaban J connectivity index is 1.28. The summed E-state index contributed by atoms with van der Waals surface area (Å²) >= 11 is 0. The van der Waals surface area contributed by atoms with Gasteiger partial charge in [0.25, 0.3) is 0 Å². The van der Waals surface area contributed by atoms with Crippen molar-refractivity contribution < 1.29 is 9.53 Å². The fraction of sp³-hybridized carbons (Fsp3) is 0.704. The van der Waals surface area contributed by atoms with Crippen LogP contribution in [-0.2, 0) is 4.79 Å². The Labute approximate surface area is 186 Å². The Kier molecular flexibility index (Phi) is 4.36. The molecule has 4 aliphatic carbocycles. The molecule has 0 aromatic heterocycles. The minimum absolute atomic E-state index is 0.244. The van der Waals surface area contributed by atoms with Gasteiger partial charge in [-0.15, -0.1) is 0 Å². The Morgan fingerprint density at radius 2 is 1.87 bits per heavy atom. The minimum Gasteiger partial charge on any atom is -0.497 e. The van der Waals surface area contributed by atoms with Crippen LogP contribution in [0.5, 0.6) is 5.75 Å². The highest BCUT2D eigenvalue weighted by atomic mass is 16.5. The predicted octanol–water partition coefficient (Wildman–Crippen LogP) is 5.53. The second-order valence-electron chi connectivity index (χ2n) is 11.6. The third-order valence-corrected chi connectivity index (χ3v) is 10.5. The number of carbonyl (C=O) groups is 1. The zero-order chi connectivity index (χ0) is 21.4. The maximum absolute atomic E-state index is 12.2. The molecule has 0 saturated heterocycles. The second-order valence-corrected chi connectivity index (χ2v) is 11.6. The van der Waals surface area contributed by atoms with Crippen molar-refractivity contribution in [1.82, 2.24) is 5.43 Å². The van der Waals surface area contributed by atoms with Gasteiger partial charge in [0.2, 0.25) is 0 Å². The zero-order valence-corrected chi connectivity index (χ0v) is 19.2. The predicted molar refractivity (Wildman–Crippen MR) is 122 cm³/mol. The number of methoxy groups -OCH3 is 1. The Bertz CT molecular complexity index is 924. The van der Waals surface area contributed by atoms with Gasteiger partial charge < -0.3 is 10.2 Å². The zero-order valence-electron chi connectivity index (χ0n) is 19.2. The van der Waals surface area contributed by atoms with E-state index in [4.69, 9.17) is 9.84 Å². The Hall–Kier alpha value is -1.84. The van der Waals surface area contributed by atoms with Gasteiger partial charge >= 0.3 is 0 Å². The van der Waals surface area contributed by atoms with Gasteiger partial charge in [0.1, 0.15) is 11.5 Å². The van der Waals surface area contributed by atoms with Gasteiger partial charge in [-0.3, -0.25) is 4.79 Å². The molecular formula is C27H36N2O2. The maximum atomic E-state index is 12.2. The molecule has 0 radical (unpaired) electrons. The lowest BCUT2D eigenvalue weighted by Crippen LogP contribution is -2.53. The Morgan fingerprint density at radius 1 is 1.06 bits per heavy atom. The van der Waals surface area contributed by atoms with Crippen LogP contribution < -0.4 is 10.2 Å². The first-order valence-corrected chi connectivity index (χ1v) is 12.4. The largest absolute Gasteiger partial charge is 0.497 e. The second kappa shape index (κ2) is 6.83. The lowest BCUT2D eigenvalue weighted by atomic mass is 9.45. The smallest absolute Gasteiger partial charge is 0.133 e. The van der Waals surface area contributed by atoms with E-state index in [2.05, 4.69) is 43.5 Å². The molecule has 1 aromatic carbocycles. The number of hydrogen-bond donors (Lipinski definition) is 1. The summed E-state index contributed by atoms with van der Waals surface area (Å²) in [5.74, 6) is 4.91. The summed E-state index contributed by atoms with van der Waals surface area (Å²) in [6, 6.07) is 8.84. The van der Waals surface area contributed by atoms with Crippen molar-refractivity contribution in [3.05, 3.63) is 29.8 Å². The number of nitrogens with one attached hydrogen (secondary N) is 1. The molecule has 0 unspecified atom stereocenters. The van der Waals surface area contributed by atoms with Crippen LogP contribution in [0.1, 0.15) is 76.8 Å². The summed E-state index contributed by atoms with van der Waals surface area (Å²) in [7, 11) is 1.72. The first-order valence-electron chi connectivity index (χ1n) is 12.4. The summed E-state index contributed by atoms with van der Waals surface area (Å²) in [5, 5.41) is 4.99. The molecular weight excluding hydrogens is 384 g/mol. The first-order chi connectivity index (χ1) is 14.9. The van der Waals surface area contributed by atoms with Crippen LogP contribution in [-0.4, -0.2) is 18.6 Å². The summed E-state index contributed by atoms with van der Waals surface area (Å²) in [6.45, 7) is 5.06. The molecule has 31 heavy (non-hydrogen) atoms. The molecule has 1 aliphatic heterocycles. The number of nitrogens with zero attached hydrogens (tertiary/aromatic N) is 1. The molecule has 5 aliphatic rings. The molecule has 4 nitrogen and oxygen atoms in total. The van der Waals surface area contributed by atoms with Crippen LogP contribution in [0.15, 0.2) is 29.4 Å². The highest BCUT2D eigenvalue weighted by molar-refractivity contribution is 5.96.